The fourth-order valence-electron chi connectivity index (χ4n) is 3.36. The molecule has 5 nitrogen and oxygen atoms in total. The van der Waals surface area contributed by atoms with Crippen LogP contribution >= 0.6 is 0 Å². The second-order valence-corrected chi connectivity index (χ2v) is 6.15. The largest absolute Gasteiger partial charge is 0.486 e. The van der Waals surface area contributed by atoms with E-state index in [1.807, 2.05) is 16.8 Å². The lowest BCUT2D eigenvalue weighted by molar-refractivity contribution is 0.171. The number of hydrogen-bond acceptors (Lipinski definition) is 4. The van der Waals surface area contributed by atoms with Gasteiger partial charge in [0.2, 0.25) is 0 Å². The molecule has 2 aliphatic rings. The molecule has 0 saturated carbocycles. The summed E-state index contributed by atoms with van der Waals surface area (Å²) in [5.74, 6) is 2.78. The van der Waals surface area contributed by atoms with E-state index in [9.17, 15) is 0 Å². The summed E-state index contributed by atoms with van der Waals surface area (Å²) in [6.07, 6.45) is 5.69. The highest BCUT2D eigenvalue weighted by Gasteiger charge is 2.21. The molecule has 2 aliphatic heterocycles. The molecule has 23 heavy (non-hydrogen) atoms. The van der Waals surface area contributed by atoms with Crippen molar-refractivity contribution >= 4 is 5.82 Å². The first-order valence-electron chi connectivity index (χ1n) is 8.61. The van der Waals surface area contributed by atoms with E-state index in [-0.39, 0.29) is 0 Å². The summed E-state index contributed by atoms with van der Waals surface area (Å²) in [6.45, 7) is 4.44. The Balaban J connectivity index is 1.79. The molecule has 0 aliphatic carbocycles. The number of ether oxygens (including phenoxy) is 2. The lowest BCUT2D eigenvalue weighted by Crippen LogP contribution is -2.15. The first-order valence-corrected chi connectivity index (χ1v) is 8.61. The summed E-state index contributed by atoms with van der Waals surface area (Å²) in [4.78, 5) is 0. The third kappa shape index (κ3) is 2.64. The minimum atomic E-state index is 0.604. The van der Waals surface area contributed by atoms with Crippen LogP contribution < -0.4 is 14.8 Å². The minimum absolute atomic E-state index is 0.604. The molecule has 5 heteroatoms. The Bertz CT molecular complexity index is 709. The number of hydrogen-bond donors (Lipinski definition) is 1. The predicted octanol–water partition coefficient (Wildman–Crippen LogP) is 3.34. The molecule has 4 rings (SSSR count). The van der Waals surface area contributed by atoms with Gasteiger partial charge in [-0.25, -0.2) is 4.68 Å². The highest BCUT2D eigenvalue weighted by molar-refractivity contribution is 5.57. The second-order valence-electron chi connectivity index (χ2n) is 6.15. The van der Waals surface area contributed by atoms with Crippen molar-refractivity contribution in [3.05, 3.63) is 29.5 Å². The molecule has 0 bridgehead atoms. The average Bonchev–Trinajstić information content (AvgIpc) is 2.77. The zero-order valence-electron chi connectivity index (χ0n) is 13.6. The van der Waals surface area contributed by atoms with Crippen LogP contribution in [0.1, 0.15) is 37.4 Å². The molecule has 1 aromatic heterocycles. The molecule has 0 fully saturated rings. The maximum Gasteiger partial charge on any atom is 0.163 e. The molecule has 1 N–H and O–H groups in total. The molecule has 0 amide bonds. The highest BCUT2D eigenvalue weighted by Crippen LogP contribution is 2.34. The van der Waals surface area contributed by atoms with Crippen molar-refractivity contribution in [2.45, 2.75) is 39.0 Å². The number of aryl methyl sites for hydroxylation is 1. The van der Waals surface area contributed by atoms with Crippen LogP contribution in [0.15, 0.2) is 18.2 Å². The van der Waals surface area contributed by atoms with Crippen LogP contribution in [0, 0.1) is 0 Å². The molecule has 0 unspecified atom stereocenters. The van der Waals surface area contributed by atoms with Crippen LogP contribution in [0.3, 0.4) is 0 Å². The molecule has 122 valence electrons. The molecule has 3 heterocycles. The monoisotopic (exact) mass is 313 g/mol. The Morgan fingerprint density at radius 1 is 1.17 bits per heavy atom. The summed E-state index contributed by atoms with van der Waals surface area (Å²) in [5.41, 5.74) is 3.65. The molecule has 2 aromatic rings. The zero-order valence-corrected chi connectivity index (χ0v) is 13.6. The smallest absolute Gasteiger partial charge is 0.163 e. The summed E-state index contributed by atoms with van der Waals surface area (Å²) in [5, 5.41) is 8.48. The Labute approximate surface area is 136 Å². The average molecular weight is 313 g/mol. The number of nitrogens with one attached hydrogen (secondary N) is 1. The molecule has 0 radical (unpaired) electrons. The van der Waals surface area contributed by atoms with Gasteiger partial charge >= 0.3 is 0 Å². The molecular formula is C18H23N3O2. The van der Waals surface area contributed by atoms with Crippen LogP contribution in [0.2, 0.25) is 0 Å². The standard InChI is InChI=1S/C18H23N3O2/c1-2-5-15-14-6-3-4-9-19-18(14)21(20-15)13-7-8-16-17(12-13)23-11-10-22-16/h7-8,12,19H,2-6,9-11H2,1H3. The van der Waals surface area contributed by atoms with Gasteiger partial charge in [0.1, 0.15) is 19.0 Å². The summed E-state index contributed by atoms with van der Waals surface area (Å²) >= 11 is 0. The fraction of sp³-hybridized carbons (Fsp3) is 0.500. The van der Waals surface area contributed by atoms with Crippen LogP contribution in [-0.2, 0) is 12.8 Å². The van der Waals surface area contributed by atoms with Crippen LogP contribution in [-0.4, -0.2) is 29.5 Å². The third-order valence-electron chi connectivity index (χ3n) is 4.47. The van der Waals surface area contributed by atoms with Gasteiger partial charge in [-0.3, -0.25) is 0 Å². The summed E-state index contributed by atoms with van der Waals surface area (Å²) in [7, 11) is 0. The Morgan fingerprint density at radius 2 is 2.04 bits per heavy atom. The molecule has 0 saturated heterocycles. The van der Waals surface area contributed by atoms with Gasteiger partial charge in [-0.2, -0.15) is 5.10 Å². The second kappa shape index (κ2) is 6.14. The van der Waals surface area contributed by atoms with Crippen molar-refractivity contribution in [2.75, 3.05) is 25.1 Å². The number of aromatic nitrogens is 2. The Kier molecular flexibility index (Phi) is 3.85. The fourth-order valence-corrected chi connectivity index (χ4v) is 3.36. The number of benzene rings is 1. The van der Waals surface area contributed by atoms with Gasteiger partial charge in [0, 0.05) is 18.2 Å². The van der Waals surface area contributed by atoms with Gasteiger partial charge in [-0.1, -0.05) is 13.3 Å². The third-order valence-corrected chi connectivity index (χ3v) is 4.47. The van der Waals surface area contributed by atoms with Gasteiger partial charge in [0.15, 0.2) is 11.5 Å². The van der Waals surface area contributed by atoms with Crippen LogP contribution in [0.25, 0.3) is 5.69 Å². The van der Waals surface area contributed by atoms with E-state index < -0.39 is 0 Å². The van der Waals surface area contributed by atoms with E-state index >= 15 is 0 Å². The van der Waals surface area contributed by atoms with E-state index in [0.717, 1.165) is 48.8 Å². The van der Waals surface area contributed by atoms with Gasteiger partial charge in [-0.05, 0) is 37.8 Å². The molecule has 0 atom stereocenters. The van der Waals surface area contributed by atoms with Gasteiger partial charge in [0.05, 0.1) is 11.4 Å². The number of anilines is 1. The predicted molar refractivity (Wildman–Crippen MR) is 90.0 cm³/mol. The normalized spacial score (nSPS) is 16.4. The van der Waals surface area contributed by atoms with E-state index in [2.05, 4.69) is 18.3 Å². The lowest BCUT2D eigenvalue weighted by Gasteiger charge is -2.19. The number of rotatable bonds is 3. The van der Waals surface area contributed by atoms with E-state index in [1.165, 1.54) is 24.1 Å². The van der Waals surface area contributed by atoms with E-state index in [4.69, 9.17) is 14.6 Å². The van der Waals surface area contributed by atoms with E-state index in [1.54, 1.807) is 0 Å². The molecule has 0 spiro atoms. The zero-order chi connectivity index (χ0) is 15.6. The lowest BCUT2D eigenvalue weighted by atomic mass is 10.1. The minimum Gasteiger partial charge on any atom is -0.486 e. The first-order chi connectivity index (χ1) is 11.4. The highest BCUT2D eigenvalue weighted by atomic mass is 16.6. The molecule has 1 aromatic carbocycles. The number of fused-ring (bicyclic) bond motifs is 2. The summed E-state index contributed by atoms with van der Waals surface area (Å²) in [6, 6.07) is 6.07. The first kappa shape index (κ1) is 14.4. The SMILES string of the molecule is CCCc1nn(-c2ccc3c(c2)OCCO3)c2c1CCCCN2. The van der Waals surface area contributed by atoms with Gasteiger partial charge in [-0.15, -0.1) is 0 Å². The topological polar surface area (TPSA) is 48.3 Å². The Hall–Kier alpha value is -2.17. The van der Waals surface area contributed by atoms with Crippen molar-refractivity contribution in [3.63, 3.8) is 0 Å². The van der Waals surface area contributed by atoms with Crippen LogP contribution in [0.5, 0.6) is 11.5 Å². The van der Waals surface area contributed by atoms with Crippen molar-refractivity contribution in [2.24, 2.45) is 0 Å². The Morgan fingerprint density at radius 3 is 2.91 bits per heavy atom. The molecular weight excluding hydrogens is 290 g/mol. The maximum atomic E-state index is 5.72. The van der Waals surface area contributed by atoms with E-state index in [0.29, 0.717) is 13.2 Å². The van der Waals surface area contributed by atoms with Gasteiger partial charge < -0.3 is 14.8 Å². The number of nitrogens with zero attached hydrogens (tertiary/aromatic N) is 2. The maximum absolute atomic E-state index is 5.72. The summed E-state index contributed by atoms with van der Waals surface area (Å²) < 4.78 is 13.4. The van der Waals surface area contributed by atoms with Crippen molar-refractivity contribution < 1.29 is 9.47 Å². The van der Waals surface area contributed by atoms with Crippen LogP contribution in [0.4, 0.5) is 5.82 Å². The van der Waals surface area contributed by atoms with Gasteiger partial charge in [0.25, 0.3) is 0 Å². The van der Waals surface area contributed by atoms with Crippen molar-refractivity contribution in [3.8, 4) is 17.2 Å². The quantitative estimate of drug-likeness (QED) is 0.944. The van der Waals surface area contributed by atoms with Crippen molar-refractivity contribution in [1.82, 2.24) is 9.78 Å². The van der Waals surface area contributed by atoms with Crippen molar-refractivity contribution in [1.29, 1.82) is 0 Å².